The second kappa shape index (κ2) is 4.67. The number of carbonyl (C=O) groups excluding carboxylic acids is 1. The summed E-state index contributed by atoms with van der Waals surface area (Å²) in [6.07, 6.45) is 6.05. The van der Waals surface area contributed by atoms with E-state index >= 15 is 0 Å². The Hall–Kier alpha value is -2.19. The maximum Gasteiger partial charge on any atom is 0.126 e. The standard InChI is InChI=1S/C21H16ClNO/c22-15-6-4-14(5-7-15)16-2-1-3-17-18(8-9-23-19(16)17)21-10-20(11-21,12-21)13-24/h1-9,13H,10-12H2. The van der Waals surface area contributed by atoms with Crippen molar-refractivity contribution in [2.45, 2.75) is 24.7 Å². The summed E-state index contributed by atoms with van der Waals surface area (Å²) >= 11 is 6.02. The van der Waals surface area contributed by atoms with Crippen LogP contribution in [0.1, 0.15) is 24.8 Å². The lowest BCUT2D eigenvalue weighted by Gasteiger charge is -2.68. The molecule has 0 N–H and O–H groups in total. The van der Waals surface area contributed by atoms with Crippen LogP contribution >= 0.6 is 11.6 Å². The molecule has 2 nitrogen and oxygen atoms in total. The minimum atomic E-state index is -0.0244. The van der Waals surface area contributed by atoms with Crippen LogP contribution in [0.2, 0.25) is 5.02 Å². The maximum absolute atomic E-state index is 11.2. The summed E-state index contributed by atoms with van der Waals surface area (Å²) in [5.41, 5.74) is 4.80. The molecular weight excluding hydrogens is 318 g/mol. The number of hydrogen-bond acceptors (Lipinski definition) is 2. The first-order chi connectivity index (χ1) is 11.6. The highest BCUT2D eigenvalue weighted by atomic mass is 35.5. The second-order valence-corrected chi connectivity index (χ2v) is 7.79. The molecule has 3 aliphatic rings. The van der Waals surface area contributed by atoms with Crippen LogP contribution in [0.15, 0.2) is 54.7 Å². The van der Waals surface area contributed by atoms with Crippen LogP contribution in [-0.2, 0) is 10.2 Å². The van der Waals surface area contributed by atoms with Crippen LogP contribution < -0.4 is 0 Å². The lowest BCUT2D eigenvalue weighted by atomic mass is 9.34. The smallest absolute Gasteiger partial charge is 0.126 e. The molecule has 2 aromatic carbocycles. The summed E-state index contributed by atoms with van der Waals surface area (Å²) in [6, 6.07) is 16.4. The highest BCUT2D eigenvalue weighted by Gasteiger charge is 2.68. The van der Waals surface area contributed by atoms with Crippen LogP contribution in [0, 0.1) is 5.41 Å². The number of hydrogen-bond donors (Lipinski definition) is 0. The quantitative estimate of drug-likeness (QED) is 0.618. The van der Waals surface area contributed by atoms with Gasteiger partial charge in [0.15, 0.2) is 0 Å². The van der Waals surface area contributed by atoms with E-state index in [0.717, 1.165) is 47.2 Å². The molecule has 0 spiro atoms. The topological polar surface area (TPSA) is 30.0 Å². The third kappa shape index (κ3) is 1.78. The molecule has 3 aromatic rings. The highest BCUT2D eigenvalue weighted by Crippen LogP contribution is 2.73. The lowest BCUT2D eigenvalue weighted by molar-refractivity contribution is -0.159. The van der Waals surface area contributed by atoms with Crippen LogP contribution in [0.4, 0.5) is 0 Å². The van der Waals surface area contributed by atoms with Crippen molar-refractivity contribution in [2.75, 3.05) is 0 Å². The summed E-state index contributed by atoms with van der Waals surface area (Å²) in [7, 11) is 0. The average Bonchev–Trinajstić information content (AvgIpc) is 2.53. The Morgan fingerprint density at radius 2 is 1.75 bits per heavy atom. The van der Waals surface area contributed by atoms with E-state index in [1.54, 1.807) is 0 Å². The molecule has 0 amide bonds. The van der Waals surface area contributed by atoms with Gasteiger partial charge in [-0.1, -0.05) is 41.9 Å². The van der Waals surface area contributed by atoms with Gasteiger partial charge in [-0.05, 0) is 54.0 Å². The largest absolute Gasteiger partial charge is 0.303 e. The fraction of sp³-hybridized carbons (Fsp3) is 0.238. The van der Waals surface area contributed by atoms with Crippen molar-refractivity contribution in [3.05, 3.63) is 65.3 Å². The molecule has 3 saturated carbocycles. The van der Waals surface area contributed by atoms with Crippen LogP contribution in [0.25, 0.3) is 22.0 Å². The number of para-hydroxylation sites is 1. The van der Waals surface area contributed by atoms with E-state index in [1.165, 1.54) is 10.9 Å². The predicted molar refractivity (Wildman–Crippen MR) is 96.2 cm³/mol. The third-order valence-electron chi connectivity index (χ3n) is 5.82. The van der Waals surface area contributed by atoms with Gasteiger partial charge in [-0.15, -0.1) is 0 Å². The number of pyridine rings is 1. The molecule has 1 heterocycles. The Labute approximate surface area is 145 Å². The molecule has 118 valence electrons. The predicted octanol–water partition coefficient (Wildman–Crippen LogP) is 5.18. The Balaban J connectivity index is 1.66. The van der Waals surface area contributed by atoms with Crippen molar-refractivity contribution in [2.24, 2.45) is 5.41 Å². The number of halogens is 1. The first kappa shape index (κ1) is 14.2. The van der Waals surface area contributed by atoms with Crippen molar-refractivity contribution >= 4 is 28.8 Å². The van der Waals surface area contributed by atoms with E-state index in [-0.39, 0.29) is 10.8 Å². The normalized spacial score (nSPS) is 27.4. The number of carbonyl (C=O) groups is 1. The van der Waals surface area contributed by atoms with Crippen molar-refractivity contribution < 1.29 is 4.79 Å². The number of nitrogens with zero attached hydrogens (tertiary/aromatic N) is 1. The molecular formula is C21H16ClNO. The summed E-state index contributed by atoms with van der Waals surface area (Å²) < 4.78 is 0. The maximum atomic E-state index is 11.2. The van der Waals surface area contributed by atoms with Crippen LogP contribution in [-0.4, -0.2) is 11.3 Å². The fourth-order valence-corrected chi connectivity index (χ4v) is 4.90. The van der Waals surface area contributed by atoms with Gasteiger partial charge in [0, 0.05) is 27.6 Å². The summed E-state index contributed by atoms with van der Waals surface area (Å²) in [5.74, 6) is 0. The molecule has 1 aromatic heterocycles. The zero-order chi connectivity index (χ0) is 16.4. The zero-order valence-corrected chi connectivity index (χ0v) is 13.9. The Morgan fingerprint density at radius 3 is 2.46 bits per heavy atom. The number of fused-ring (bicyclic) bond motifs is 1. The molecule has 6 rings (SSSR count). The van der Waals surface area contributed by atoms with Crippen molar-refractivity contribution in [1.82, 2.24) is 4.98 Å². The van der Waals surface area contributed by atoms with Crippen LogP contribution in [0.5, 0.6) is 0 Å². The molecule has 2 bridgehead atoms. The second-order valence-electron chi connectivity index (χ2n) is 7.36. The van der Waals surface area contributed by atoms with Gasteiger partial charge < -0.3 is 4.79 Å². The average molecular weight is 334 g/mol. The van der Waals surface area contributed by atoms with E-state index in [1.807, 2.05) is 30.5 Å². The summed E-state index contributed by atoms with van der Waals surface area (Å²) in [4.78, 5) is 15.9. The van der Waals surface area contributed by atoms with Gasteiger partial charge in [-0.2, -0.15) is 0 Å². The zero-order valence-electron chi connectivity index (χ0n) is 13.1. The van der Waals surface area contributed by atoms with Gasteiger partial charge in [0.2, 0.25) is 0 Å². The van der Waals surface area contributed by atoms with Gasteiger partial charge in [-0.3, -0.25) is 4.98 Å². The van der Waals surface area contributed by atoms with Crippen molar-refractivity contribution in [3.8, 4) is 11.1 Å². The Bertz CT molecular complexity index is 957. The highest BCUT2D eigenvalue weighted by molar-refractivity contribution is 6.30. The minimum absolute atomic E-state index is 0.0244. The number of aromatic nitrogens is 1. The third-order valence-corrected chi connectivity index (χ3v) is 6.07. The van der Waals surface area contributed by atoms with Gasteiger partial charge in [0.25, 0.3) is 0 Å². The number of rotatable bonds is 3. The van der Waals surface area contributed by atoms with Gasteiger partial charge in [0.05, 0.1) is 5.52 Å². The molecule has 24 heavy (non-hydrogen) atoms. The van der Waals surface area contributed by atoms with E-state index in [4.69, 9.17) is 11.6 Å². The van der Waals surface area contributed by atoms with E-state index in [9.17, 15) is 4.79 Å². The molecule has 3 heteroatoms. The number of benzene rings is 2. The molecule has 0 aliphatic heterocycles. The molecule has 0 unspecified atom stereocenters. The van der Waals surface area contributed by atoms with Crippen molar-refractivity contribution in [1.29, 1.82) is 0 Å². The monoisotopic (exact) mass is 333 g/mol. The SMILES string of the molecule is O=CC12CC(c3ccnc4c(-c5ccc(Cl)cc5)cccc34)(C1)C2. The van der Waals surface area contributed by atoms with Crippen LogP contribution in [0.3, 0.4) is 0 Å². The first-order valence-electron chi connectivity index (χ1n) is 8.25. The van der Waals surface area contributed by atoms with Gasteiger partial charge in [-0.25, -0.2) is 0 Å². The molecule has 3 fully saturated rings. The minimum Gasteiger partial charge on any atom is -0.303 e. The molecule has 0 saturated heterocycles. The van der Waals surface area contributed by atoms with Crippen molar-refractivity contribution in [3.63, 3.8) is 0 Å². The summed E-state index contributed by atoms with van der Waals surface area (Å²) in [5, 5.41) is 1.95. The van der Waals surface area contributed by atoms with Gasteiger partial charge in [0.1, 0.15) is 6.29 Å². The Morgan fingerprint density at radius 1 is 1.00 bits per heavy atom. The molecule has 3 aliphatic carbocycles. The van der Waals surface area contributed by atoms with E-state index in [0.29, 0.717) is 0 Å². The lowest BCUT2D eigenvalue weighted by Crippen LogP contribution is -2.65. The van der Waals surface area contributed by atoms with E-state index in [2.05, 4.69) is 29.2 Å². The first-order valence-corrected chi connectivity index (χ1v) is 8.63. The molecule has 0 atom stereocenters. The number of aldehydes is 1. The van der Waals surface area contributed by atoms with E-state index < -0.39 is 0 Å². The van der Waals surface area contributed by atoms with Gasteiger partial charge >= 0.3 is 0 Å². The summed E-state index contributed by atoms with van der Waals surface area (Å²) in [6.45, 7) is 0. The molecule has 0 radical (unpaired) electrons. The Kier molecular flexibility index (Phi) is 2.76. The fourth-order valence-electron chi connectivity index (χ4n) is 4.78.